The van der Waals surface area contributed by atoms with Gasteiger partial charge in [0.1, 0.15) is 0 Å². The zero-order chi connectivity index (χ0) is 19.6. The monoisotopic (exact) mass is 403 g/mol. The van der Waals surface area contributed by atoms with E-state index in [2.05, 4.69) is 10.6 Å². The Morgan fingerprint density at radius 1 is 1.07 bits per heavy atom. The van der Waals surface area contributed by atoms with Crippen LogP contribution in [0.15, 0.2) is 42.5 Å². The number of carbonyl (C=O) groups excluding carboxylic acids is 1. The van der Waals surface area contributed by atoms with Crippen molar-refractivity contribution in [2.45, 2.75) is 13.0 Å². The van der Waals surface area contributed by atoms with E-state index in [0.717, 1.165) is 16.8 Å². The van der Waals surface area contributed by atoms with Gasteiger partial charge in [0.15, 0.2) is 11.5 Å². The Labute approximate surface area is 163 Å². The lowest BCUT2D eigenvalue weighted by atomic mass is 10.2. The summed E-state index contributed by atoms with van der Waals surface area (Å²) in [6.45, 7) is 0.976. The van der Waals surface area contributed by atoms with Crippen LogP contribution in [0, 0.1) is 0 Å². The van der Waals surface area contributed by atoms with Crippen molar-refractivity contribution < 1.29 is 22.7 Å². The number of nitrogens with zero attached hydrogens (tertiary/aromatic N) is 1. The number of rotatable bonds is 6. The summed E-state index contributed by atoms with van der Waals surface area (Å²) in [6, 6.07) is 12.5. The number of sulfonamides is 1. The molecule has 0 bridgehead atoms. The topological polar surface area (TPSA) is 97.0 Å². The molecule has 0 aromatic heterocycles. The van der Waals surface area contributed by atoms with Gasteiger partial charge in [0.05, 0.1) is 11.4 Å². The van der Waals surface area contributed by atoms with E-state index in [0.29, 0.717) is 31.0 Å². The molecule has 28 heavy (non-hydrogen) atoms. The summed E-state index contributed by atoms with van der Waals surface area (Å²) in [5.74, 6) is 1.18. The molecule has 148 valence electrons. The molecule has 0 saturated carbocycles. The Morgan fingerprint density at radius 3 is 2.79 bits per heavy atom. The average Bonchev–Trinajstić information content (AvgIpc) is 3.32. The molecule has 0 aliphatic carbocycles. The third-order valence-electron chi connectivity index (χ3n) is 4.72. The van der Waals surface area contributed by atoms with Crippen LogP contribution >= 0.6 is 0 Å². The highest BCUT2D eigenvalue weighted by Crippen LogP contribution is 2.32. The highest BCUT2D eigenvalue weighted by molar-refractivity contribution is 7.92. The number of amides is 2. The van der Waals surface area contributed by atoms with E-state index < -0.39 is 16.1 Å². The molecule has 0 radical (unpaired) electrons. The molecule has 8 nitrogen and oxygen atoms in total. The van der Waals surface area contributed by atoms with Gasteiger partial charge in [0.25, 0.3) is 0 Å². The standard InChI is InChI=1S/C19H21N3O5S/c23-19(21-12-14-5-6-17-18(11-14)27-13-26-17)20-8-10-28(24,25)22-9-7-15-3-1-2-4-16(15)22/h1-6,11H,7-10,12-13H2,(H2,20,21,23). The lowest BCUT2D eigenvalue weighted by Crippen LogP contribution is -2.40. The van der Waals surface area contributed by atoms with Crippen LogP contribution in [0.1, 0.15) is 11.1 Å². The van der Waals surface area contributed by atoms with E-state index >= 15 is 0 Å². The van der Waals surface area contributed by atoms with Crippen molar-refractivity contribution in [3.05, 3.63) is 53.6 Å². The number of hydrogen-bond acceptors (Lipinski definition) is 5. The number of ether oxygens (including phenoxy) is 2. The second-order valence-electron chi connectivity index (χ2n) is 6.56. The van der Waals surface area contributed by atoms with E-state index in [1.807, 2.05) is 30.3 Å². The minimum absolute atomic E-state index is 0.0357. The first-order valence-electron chi connectivity index (χ1n) is 9.01. The summed E-state index contributed by atoms with van der Waals surface area (Å²) in [5, 5.41) is 5.30. The van der Waals surface area contributed by atoms with Gasteiger partial charge in [-0.25, -0.2) is 13.2 Å². The summed E-state index contributed by atoms with van der Waals surface area (Å²) in [7, 11) is -3.48. The summed E-state index contributed by atoms with van der Waals surface area (Å²) in [5.41, 5.74) is 2.62. The van der Waals surface area contributed by atoms with Crippen LogP contribution < -0.4 is 24.4 Å². The van der Waals surface area contributed by atoms with Crippen molar-refractivity contribution in [3.8, 4) is 11.5 Å². The molecule has 2 aromatic carbocycles. The van der Waals surface area contributed by atoms with Gasteiger partial charge in [-0.15, -0.1) is 0 Å². The van der Waals surface area contributed by atoms with Crippen molar-refractivity contribution in [2.24, 2.45) is 0 Å². The van der Waals surface area contributed by atoms with Crippen molar-refractivity contribution >= 4 is 21.7 Å². The second kappa shape index (κ2) is 7.59. The smallest absolute Gasteiger partial charge is 0.315 e. The highest BCUT2D eigenvalue weighted by Gasteiger charge is 2.28. The van der Waals surface area contributed by atoms with E-state index in [-0.39, 0.29) is 19.1 Å². The number of para-hydroxylation sites is 1. The molecule has 0 fully saturated rings. The zero-order valence-electron chi connectivity index (χ0n) is 15.2. The average molecular weight is 403 g/mol. The summed E-state index contributed by atoms with van der Waals surface area (Å²) >= 11 is 0. The number of nitrogens with one attached hydrogen (secondary N) is 2. The van der Waals surface area contributed by atoms with Gasteiger partial charge < -0.3 is 20.1 Å². The maximum Gasteiger partial charge on any atom is 0.315 e. The molecule has 2 aliphatic heterocycles. The molecule has 0 unspecified atom stereocenters. The van der Waals surface area contributed by atoms with Gasteiger partial charge in [-0.3, -0.25) is 4.31 Å². The van der Waals surface area contributed by atoms with Crippen LogP contribution in [0.2, 0.25) is 0 Å². The van der Waals surface area contributed by atoms with Gasteiger partial charge in [-0.05, 0) is 35.7 Å². The third kappa shape index (κ3) is 3.84. The van der Waals surface area contributed by atoms with Gasteiger partial charge >= 0.3 is 6.03 Å². The number of benzene rings is 2. The van der Waals surface area contributed by atoms with Gasteiger partial charge in [-0.1, -0.05) is 24.3 Å². The van der Waals surface area contributed by atoms with Crippen molar-refractivity contribution in [1.29, 1.82) is 0 Å². The van der Waals surface area contributed by atoms with Gasteiger partial charge in [0.2, 0.25) is 16.8 Å². The molecule has 2 aromatic rings. The molecule has 9 heteroatoms. The molecule has 0 atom stereocenters. The van der Waals surface area contributed by atoms with Crippen LogP contribution in [0.4, 0.5) is 10.5 Å². The third-order valence-corrected chi connectivity index (χ3v) is 6.49. The SMILES string of the molecule is O=C(NCCS(=O)(=O)N1CCc2ccccc21)NCc1ccc2c(c1)OCO2. The van der Waals surface area contributed by atoms with Gasteiger partial charge in [-0.2, -0.15) is 0 Å². The molecule has 2 amide bonds. The Morgan fingerprint density at radius 2 is 1.89 bits per heavy atom. The van der Waals surface area contributed by atoms with Gasteiger partial charge in [0, 0.05) is 19.6 Å². The first kappa shape index (κ1) is 18.4. The molecular formula is C19H21N3O5S. The fraction of sp³-hybridized carbons (Fsp3) is 0.316. The number of urea groups is 1. The minimum atomic E-state index is -3.48. The maximum absolute atomic E-state index is 12.6. The number of anilines is 1. The minimum Gasteiger partial charge on any atom is -0.454 e. The van der Waals surface area contributed by atoms with Crippen molar-refractivity contribution in [2.75, 3.05) is 29.9 Å². The molecule has 2 N–H and O–H groups in total. The second-order valence-corrected chi connectivity index (χ2v) is 8.58. The Kier molecular flexibility index (Phi) is 4.99. The van der Waals surface area contributed by atoms with E-state index in [1.54, 1.807) is 12.1 Å². The molecule has 2 aliphatic rings. The summed E-state index contributed by atoms with van der Waals surface area (Å²) < 4.78 is 37.2. The summed E-state index contributed by atoms with van der Waals surface area (Å²) in [4.78, 5) is 12.0. The fourth-order valence-corrected chi connectivity index (χ4v) is 4.72. The van der Waals surface area contributed by atoms with Crippen LogP contribution in [-0.4, -0.2) is 40.1 Å². The van der Waals surface area contributed by atoms with E-state index in [1.165, 1.54) is 4.31 Å². The van der Waals surface area contributed by atoms with Crippen LogP contribution in [0.3, 0.4) is 0 Å². The van der Waals surface area contributed by atoms with E-state index in [9.17, 15) is 13.2 Å². The molecule has 0 saturated heterocycles. The normalized spacial score (nSPS) is 14.6. The number of hydrogen-bond donors (Lipinski definition) is 2. The summed E-state index contributed by atoms with van der Waals surface area (Å²) in [6.07, 6.45) is 0.707. The van der Waals surface area contributed by atoms with E-state index in [4.69, 9.17) is 9.47 Å². The van der Waals surface area contributed by atoms with Crippen molar-refractivity contribution in [3.63, 3.8) is 0 Å². The number of carbonyl (C=O) groups is 1. The Balaban J connectivity index is 1.25. The lowest BCUT2D eigenvalue weighted by molar-refractivity contribution is 0.174. The number of fused-ring (bicyclic) bond motifs is 2. The lowest BCUT2D eigenvalue weighted by Gasteiger charge is -2.19. The van der Waals surface area contributed by atoms with Crippen LogP contribution in [0.5, 0.6) is 11.5 Å². The highest BCUT2D eigenvalue weighted by atomic mass is 32.2. The fourth-order valence-electron chi connectivity index (χ4n) is 3.30. The molecule has 4 rings (SSSR count). The van der Waals surface area contributed by atoms with Crippen LogP contribution in [0.25, 0.3) is 0 Å². The molecule has 2 heterocycles. The quantitative estimate of drug-likeness (QED) is 0.764. The zero-order valence-corrected chi connectivity index (χ0v) is 16.0. The predicted octanol–water partition coefficient (Wildman–Crippen LogP) is 1.61. The van der Waals surface area contributed by atoms with Crippen molar-refractivity contribution in [1.82, 2.24) is 10.6 Å². The molecular weight excluding hydrogens is 382 g/mol. The molecule has 0 spiro atoms. The maximum atomic E-state index is 12.6. The van der Waals surface area contributed by atoms with Crippen LogP contribution in [-0.2, 0) is 23.0 Å². The Hall–Kier alpha value is -2.94. The largest absolute Gasteiger partial charge is 0.454 e. The first-order valence-corrected chi connectivity index (χ1v) is 10.6. The Bertz CT molecular complexity index is 993. The predicted molar refractivity (Wildman–Crippen MR) is 104 cm³/mol. The first-order chi connectivity index (χ1) is 13.5.